The van der Waals surface area contributed by atoms with Crippen LogP contribution in [-0.2, 0) is 16.1 Å². The summed E-state index contributed by atoms with van der Waals surface area (Å²) in [5, 5.41) is 3.04. The molecule has 0 aromatic heterocycles. The SMILES string of the molecule is CCOCCCNC(=O)C1CCN(Cc2cccc(OCC)c2)CC1. The maximum atomic E-state index is 12.2. The van der Waals surface area contributed by atoms with Crippen LogP contribution in [0.2, 0.25) is 0 Å². The largest absolute Gasteiger partial charge is 0.494 e. The summed E-state index contributed by atoms with van der Waals surface area (Å²) in [7, 11) is 0. The Morgan fingerprint density at radius 1 is 1.24 bits per heavy atom. The molecule has 25 heavy (non-hydrogen) atoms. The molecule has 0 bridgehead atoms. The quantitative estimate of drug-likeness (QED) is 0.661. The van der Waals surface area contributed by atoms with Crippen molar-refractivity contribution in [3.63, 3.8) is 0 Å². The summed E-state index contributed by atoms with van der Waals surface area (Å²) in [6, 6.07) is 8.29. The minimum absolute atomic E-state index is 0.151. The maximum Gasteiger partial charge on any atom is 0.223 e. The Morgan fingerprint density at radius 2 is 2.04 bits per heavy atom. The number of amides is 1. The number of likely N-dealkylation sites (tertiary alicyclic amines) is 1. The molecule has 140 valence electrons. The standard InChI is InChI=1S/C20H32N2O3/c1-3-24-14-6-11-21-20(23)18-9-12-22(13-10-18)16-17-7-5-8-19(15-17)25-4-2/h5,7-8,15,18H,3-4,6,9-14,16H2,1-2H3,(H,21,23). The normalized spacial score (nSPS) is 15.9. The molecule has 0 saturated carbocycles. The summed E-state index contributed by atoms with van der Waals surface area (Å²) in [6.45, 7) is 9.70. The molecule has 1 saturated heterocycles. The first-order valence-electron chi connectivity index (χ1n) is 9.52. The monoisotopic (exact) mass is 348 g/mol. The molecule has 1 amide bonds. The van der Waals surface area contributed by atoms with Crippen LogP contribution < -0.4 is 10.1 Å². The lowest BCUT2D eigenvalue weighted by Gasteiger charge is -2.31. The number of rotatable bonds is 10. The van der Waals surface area contributed by atoms with Crippen LogP contribution in [0.25, 0.3) is 0 Å². The third-order valence-corrected chi connectivity index (χ3v) is 4.54. The van der Waals surface area contributed by atoms with Crippen LogP contribution in [0.4, 0.5) is 0 Å². The van der Waals surface area contributed by atoms with E-state index in [-0.39, 0.29) is 11.8 Å². The topological polar surface area (TPSA) is 50.8 Å². The van der Waals surface area contributed by atoms with Gasteiger partial charge in [-0.25, -0.2) is 0 Å². The van der Waals surface area contributed by atoms with Crippen molar-refractivity contribution in [1.29, 1.82) is 0 Å². The maximum absolute atomic E-state index is 12.2. The van der Waals surface area contributed by atoms with E-state index in [1.807, 2.05) is 26.0 Å². The van der Waals surface area contributed by atoms with Crippen molar-refractivity contribution in [2.75, 3.05) is 39.5 Å². The summed E-state index contributed by atoms with van der Waals surface area (Å²) in [4.78, 5) is 14.6. The highest BCUT2D eigenvalue weighted by Gasteiger charge is 2.24. The number of nitrogens with zero attached hydrogens (tertiary/aromatic N) is 1. The predicted molar refractivity (Wildman–Crippen MR) is 99.7 cm³/mol. The van der Waals surface area contributed by atoms with Crippen molar-refractivity contribution in [2.45, 2.75) is 39.7 Å². The van der Waals surface area contributed by atoms with E-state index in [2.05, 4.69) is 22.3 Å². The molecule has 1 heterocycles. The molecule has 5 nitrogen and oxygen atoms in total. The van der Waals surface area contributed by atoms with Gasteiger partial charge in [-0.1, -0.05) is 12.1 Å². The van der Waals surface area contributed by atoms with Crippen molar-refractivity contribution < 1.29 is 14.3 Å². The highest BCUT2D eigenvalue weighted by molar-refractivity contribution is 5.78. The molecule has 0 spiro atoms. The second-order valence-corrected chi connectivity index (χ2v) is 6.47. The van der Waals surface area contributed by atoms with Crippen LogP contribution in [0, 0.1) is 5.92 Å². The first kappa shape index (κ1) is 19.7. The van der Waals surface area contributed by atoms with E-state index < -0.39 is 0 Å². The Morgan fingerprint density at radius 3 is 2.76 bits per heavy atom. The second kappa shape index (κ2) is 11.1. The van der Waals surface area contributed by atoms with Gasteiger partial charge < -0.3 is 14.8 Å². The van der Waals surface area contributed by atoms with Crippen molar-refractivity contribution >= 4 is 5.91 Å². The molecule has 0 radical (unpaired) electrons. The lowest BCUT2D eigenvalue weighted by molar-refractivity contribution is -0.126. The van der Waals surface area contributed by atoms with Crippen molar-refractivity contribution in [2.24, 2.45) is 5.92 Å². The summed E-state index contributed by atoms with van der Waals surface area (Å²) in [5.74, 6) is 1.29. The van der Waals surface area contributed by atoms with Crippen molar-refractivity contribution in [3.8, 4) is 5.75 Å². The number of hydrogen-bond acceptors (Lipinski definition) is 4. The van der Waals surface area contributed by atoms with Gasteiger partial charge in [0.25, 0.3) is 0 Å². The Labute approximate surface area is 151 Å². The molecule has 1 N–H and O–H groups in total. The van der Waals surface area contributed by atoms with Crippen molar-refractivity contribution in [1.82, 2.24) is 10.2 Å². The van der Waals surface area contributed by atoms with Crippen LogP contribution >= 0.6 is 0 Å². The zero-order valence-electron chi connectivity index (χ0n) is 15.6. The van der Waals surface area contributed by atoms with E-state index >= 15 is 0 Å². The Bertz CT molecular complexity index is 513. The number of piperidine rings is 1. The molecule has 5 heteroatoms. The average molecular weight is 348 g/mol. The number of ether oxygens (including phenoxy) is 2. The zero-order valence-corrected chi connectivity index (χ0v) is 15.6. The Balaban J connectivity index is 1.68. The molecule has 0 unspecified atom stereocenters. The van der Waals surface area contributed by atoms with E-state index in [0.29, 0.717) is 13.2 Å². The zero-order chi connectivity index (χ0) is 17.9. The van der Waals surface area contributed by atoms with Gasteiger partial charge in [0.1, 0.15) is 5.75 Å². The molecule has 1 fully saturated rings. The summed E-state index contributed by atoms with van der Waals surface area (Å²) < 4.78 is 10.9. The first-order valence-corrected chi connectivity index (χ1v) is 9.52. The van der Waals surface area contributed by atoms with Gasteiger partial charge >= 0.3 is 0 Å². The van der Waals surface area contributed by atoms with Crippen LogP contribution in [-0.4, -0.2) is 50.3 Å². The van der Waals surface area contributed by atoms with Gasteiger partial charge in [-0.05, 0) is 63.9 Å². The summed E-state index contributed by atoms with van der Waals surface area (Å²) >= 11 is 0. The van der Waals surface area contributed by atoms with Crippen molar-refractivity contribution in [3.05, 3.63) is 29.8 Å². The van der Waals surface area contributed by atoms with Crippen LogP contribution in [0.15, 0.2) is 24.3 Å². The number of nitrogens with one attached hydrogen (secondary N) is 1. The predicted octanol–water partition coefficient (Wildman–Crippen LogP) is 2.84. The minimum atomic E-state index is 0.151. The van der Waals surface area contributed by atoms with Gasteiger partial charge in [0.05, 0.1) is 6.61 Å². The van der Waals surface area contributed by atoms with E-state index in [1.54, 1.807) is 0 Å². The molecular weight excluding hydrogens is 316 g/mol. The molecule has 0 aliphatic carbocycles. The molecule has 1 aromatic rings. The Kier molecular flexibility index (Phi) is 8.77. The smallest absolute Gasteiger partial charge is 0.223 e. The van der Waals surface area contributed by atoms with Gasteiger partial charge in [-0.3, -0.25) is 9.69 Å². The van der Waals surface area contributed by atoms with E-state index in [4.69, 9.17) is 9.47 Å². The van der Waals surface area contributed by atoms with E-state index in [0.717, 1.165) is 57.9 Å². The molecule has 1 aromatic carbocycles. The van der Waals surface area contributed by atoms with Crippen LogP contribution in [0.3, 0.4) is 0 Å². The number of carbonyl (C=O) groups excluding carboxylic acids is 1. The first-order chi connectivity index (χ1) is 12.2. The lowest BCUT2D eigenvalue weighted by Crippen LogP contribution is -2.40. The third-order valence-electron chi connectivity index (χ3n) is 4.54. The third kappa shape index (κ3) is 7.04. The lowest BCUT2D eigenvalue weighted by atomic mass is 9.95. The molecular formula is C20H32N2O3. The van der Waals surface area contributed by atoms with Gasteiger partial charge in [-0.2, -0.15) is 0 Å². The summed E-state index contributed by atoms with van der Waals surface area (Å²) in [5.41, 5.74) is 1.27. The summed E-state index contributed by atoms with van der Waals surface area (Å²) in [6.07, 6.45) is 2.75. The molecule has 1 aliphatic heterocycles. The highest BCUT2D eigenvalue weighted by Crippen LogP contribution is 2.21. The fraction of sp³-hybridized carbons (Fsp3) is 0.650. The fourth-order valence-corrected chi connectivity index (χ4v) is 3.19. The number of benzene rings is 1. The molecule has 0 atom stereocenters. The number of carbonyl (C=O) groups is 1. The van der Waals surface area contributed by atoms with E-state index in [9.17, 15) is 4.79 Å². The van der Waals surface area contributed by atoms with Gasteiger partial charge in [0, 0.05) is 32.2 Å². The van der Waals surface area contributed by atoms with Gasteiger partial charge in [-0.15, -0.1) is 0 Å². The molecule has 2 rings (SSSR count). The fourth-order valence-electron chi connectivity index (χ4n) is 3.19. The van der Waals surface area contributed by atoms with Crippen LogP contribution in [0.5, 0.6) is 5.75 Å². The number of hydrogen-bond donors (Lipinski definition) is 1. The second-order valence-electron chi connectivity index (χ2n) is 6.47. The highest BCUT2D eigenvalue weighted by atomic mass is 16.5. The van der Waals surface area contributed by atoms with Gasteiger partial charge in [0.2, 0.25) is 5.91 Å². The minimum Gasteiger partial charge on any atom is -0.494 e. The van der Waals surface area contributed by atoms with Gasteiger partial charge in [0.15, 0.2) is 0 Å². The average Bonchev–Trinajstić information content (AvgIpc) is 2.63. The van der Waals surface area contributed by atoms with Crippen LogP contribution in [0.1, 0.15) is 38.7 Å². The molecule has 1 aliphatic rings. The van der Waals surface area contributed by atoms with E-state index in [1.165, 1.54) is 5.56 Å². The Hall–Kier alpha value is -1.59.